The lowest BCUT2D eigenvalue weighted by molar-refractivity contribution is -0.0437. The molecule has 1 heterocycles. The van der Waals surface area contributed by atoms with Gasteiger partial charge in [-0.05, 0) is 75.8 Å². The van der Waals surface area contributed by atoms with Crippen molar-refractivity contribution in [3.8, 4) is 5.75 Å². The molecule has 0 atom stereocenters. The third kappa shape index (κ3) is 5.48. The van der Waals surface area contributed by atoms with Crippen molar-refractivity contribution >= 4 is 0 Å². The van der Waals surface area contributed by atoms with Gasteiger partial charge in [0.2, 0.25) is 0 Å². The second-order valence-electron chi connectivity index (χ2n) is 9.37. The van der Waals surface area contributed by atoms with Crippen molar-refractivity contribution in [3.05, 3.63) is 23.5 Å². The maximum Gasteiger partial charge on any atom is 0.138 e. The van der Waals surface area contributed by atoms with Crippen LogP contribution < -0.4 is 4.74 Å². The van der Waals surface area contributed by atoms with Gasteiger partial charge in [0.1, 0.15) is 11.4 Å². The van der Waals surface area contributed by atoms with Gasteiger partial charge in [0.25, 0.3) is 0 Å². The summed E-state index contributed by atoms with van der Waals surface area (Å²) >= 11 is 0. The molecule has 1 aromatic rings. The predicted octanol–water partition coefficient (Wildman–Crippen LogP) is 7.56. The number of unbranched alkanes of at least 4 members (excludes halogenated alkanes) is 3. The van der Waals surface area contributed by atoms with Crippen molar-refractivity contribution in [2.24, 2.45) is 11.8 Å². The molecule has 1 aromatic heterocycles. The Morgan fingerprint density at radius 1 is 1.00 bits per heavy atom. The van der Waals surface area contributed by atoms with Crippen LogP contribution in [0.25, 0.3) is 0 Å². The molecule has 0 saturated heterocycles. The molecule has 0 spiro atoms. The number of rotatable bonds is 8. The Bertz CT molecular complexity index is 568. The van der Waals surface area contributed by atoms with E-state index in [9.17, 15) is 0 Å². The first-order valence-corrected chi connectivity index (χ1v) is 11.8. The Labute approximate surface area is 167 Å². The molecule has 2 aliphatic carbocycles. The van der Waals surface area contributed by atoms with E-state index in [1.54, 1.807) is 0 Å². The zero-order valence-electron chi connectivity index (χ0n) is 18.1. The molecular formula is C25H41NO. The molecule has 0 N–H and O–H groups in total. The van der Waals surface area contributed by atoms with Gasteiger partial charge in [0, 0.05) is 5.69 Å². The molecule has 0 aromatic carbocycles. The largest absolute Gasteiger partial charge is 0.485 e. The Balaban J connectivity index is 1.60. The summed E-state index contributed by atoms with van der Waals surface area (Å²) < 4.78 is 6.80. The highest BCUT2D eigenvalue weighted by Gasteiger charge is 2.43. The van der Waals surface area contributed by atoms with Crippen molar-refractivity contribution in [1.82, 2.24) is 4.98 Å². The van der Waals surface area contributed by atoms with Gasteiger partial charge in [-0.2, -0.15) is 0 Å². The molecular weight excluding hydrogens is 330 g/mol. The smallest absolute Gasteiger partial charge is 0.138 e. The lowest BCUT2D eigenvalue weighted by Crippen LogP contribution is -2.47. The van der Waals surface area contributed by atoms with Crippen LogP contribution in [0.1, 0.15) is 108 Å². The summed E-state index contributed by atoms with van der Waals surface area (Å²) in [6.45, 7) is 6.53. The molecule has 3 rings (SSSR count). The molecule has 0 bridgehead atoms. The minimum Gasteiger partial charge on any atom is -0.485 e. The molecule has 0 radical (unpaired) electrons. The van der Waals surface area contributed by atoms with Crippen LogP contribution in [0.2, 0.25) is 0 Å². The highest BCUT2D eigenvalue weighted by molar-refractivity contribution is 5.28. The fourth-order valence-corrected chi connectivity index (χ4v) is 5.49. The average molecular weight is 372 g/mol. The van der Waals surface area contributed by atoms with Crippen molar-refractivity contribution < 1.29 is 4.74 Å². The zero-order chi connectivity index (χ0) is 19.1. The fourth-order valence-electron chi connectivity index (χ4n) is 5.49. The number of nitrogens with zero attached hydrogens (tertiary/aromatic N) is 1. The van der Waals surface area contributed by atoms with E-state index in [2.05, 4.69) is 31.8 Å². The molecule has 2 fully saturated rings. The average Bonchev–Trinajstić information content (AvgIpc) is 2.69. The summed E-state index contributed by atoms with van der Waals surface area (Å²) in [5.74, 6) is 2.72. The molecule has 0 amide bonds. The molecule has 2 aliphatic rings. The monoisotopic (exact) mass is 371 g/mol. The molecule has 27 heavy (non-hydrogen) atoms. The van der Waals surface area contributed by atoms with E-state index < -0.39 is 0 Å². The second-order valence-corrected chi connectivity index (χ2v) is 9.37. The molecule has 2 saturated carbocycles. The van der Waals surface area contributed by atoms with E-state index in [0.717, 1.165) is 23.3 Å². The van der Waals surface area contributed by atoms with Gasteiger partial charge < -0.3 is 4.74 Å². The van der Waals surface area contributed by atoms with Crippen LogP contribution in [0.3, 0.4) is 0 Å². The third-order valence-electron chi connectivity index (χ3n) is 7.39. The minimum absolute atomic E-state index is 0.0782. The number of aromatic nitrogens is 1. The highest BCUT2D eigenvalue weighted by Crippen LogP contribution is 2.46. The summed E-state index contributed by atoms with van der Waals surface area (Å²) in [6.07, 6.45) is 21.2. The van der Waals surface area contributed by atoms with E-state index in [4.69, 9.17) is 4.74 Å². The van der Waals surface area contributed by atoms with Gasteiger partial charge in [-0.1, -0.05) is 58.3 Å². The van der Waals surface area contributed by atoms with Crippen LogP contribution in [-0.4, -0.2) is 10.6 Å². The molecule has 152 valence electrons. The van der Waals surface area contributed by atoms with Crippen LogP contribution >= 0.6 is 0 Å². The Kier molecular flexibility index (Phi) is 7.61. The van der Waals surface area contributed by atoms with Crippen molar-refractivity contribution in [3.63, 3.8) is 0 Å². The zero-order valence-corrected chi connectivity index (χ0v) is 18.1. The number of ether oxygens (including phenoxy) is 1. The van der Waals surface area contributed by atoms with Crippen molar-refractivity contribution in [1.29, 1.82) is 0 Å². The van der Waals surface area contributed by atoms with Crippen molar-refractivity contribution in [2.45, 2.75) is 116 Å². The van der Waals surface area contributed by atoms with Crippen LogP contribution in [0.4, 0.5) is 0 Å². The van der Waals surface area contributed by atoms with E-state index in [0.29, 0.717) is 0 Å². The predicted molar refractivity (Wildman–Crippen MR) is 114 cm³/mol. The number of pyridine rings is 1. The number of hydrogen-bond donors (Lipinski definition) is 0. The van der Waals surface area contributed by atoms with Gasteiger partial charge in [0.15, 0.2) is 0 Å². The highest BCUT2D eigenvalue weighted by atomic mass is 16.5. The summed E-state index contributed by atoms with van der Waals surface area (Å²) in [4.78, 5) is 4.56. The van der Waals surface area contributed by atoms with Crippen molar-refractivity contribution in [2.75, 3.05) is 0 Å². The van der Waals surface area contributed by atoms with Gasteiger partial charge in [0.05, 0.1) is 6.20 Å². The minimum atomic E-state index is 0.0782. The second kappa shape index (κ2) is 9.94. The van der Waals surface area contributed by atoms with Gasteiger partial charge >= 0.3 is 0 Å². The first-order valence-electron chi connectivity index (χ1n) is 11.8. The summed E-state index contributed by atoms with van der Waals surface area (Å²) in [5, 5.41) is 0. The van der Waals surface area contributed by atoms with E-state index in [-0.39, 0.29) is 5.60 Å². The number of aryl methyl sites for hydroxylation is 2. The van der Waals surface area contributed by atoms with E-state index >= 15 is 0 Å². The lowest BCUT2D eigenvalue weighted by Gasteiger charge is -2.46. The summed E-state index contributed by atoms with van der Waals surface area (Å²) in [5.41, 5.74) is 2.44. The van der Waals surface area contributed by atoms with Gasteiger partial charge in [-0.15, -0.1) is 0 Å². The quantitative estimate of drug-likeness (QED) is 0.440. The maximum atomic E-state index is 6.80. The Hall–Kier alpha value is -1.05. The Morgan fingerprint density at radius 3 is 2.41 bits per heavy atom. The van der Waals surface area contributed by atoms with Gasteiger partial charge in [-0.3, -0.25) is 4.98 Å². The van der Waals surface area contributed by atoms with Crippen LogP contribution in [0.5, 0.6) is 5.75 Å². The van der Waals surface area contributed by atoms with Gasteiger partial charge in [-0.25, -0.2) is 0 Å². The van der Waals surface area contributed by atoms with Crippen LogP contribution in [0.15, 0.2) is 12.3 Å². The molecule has 2 nitrogen and oxygen atoms in total. The fraction of sp³-hybridized carbons (Fsp3) is 0.800. The Morgan fingerprint density at radius 2 is 1.74 bits per heavy atom. The first kappa shape index (κ1) is 20.7. The summed E-state index contributed by atoms with van der Waals surface area (Å²) in [7, 11) is 0. The van der Waals surface area contributed by atoms with E-state index in [1.165, 1.54) is 95.5 Å². The number of hydrogen-bond acceptors (Lipinski definition) is 2. The third-order valence-corrected chi connectivity index (χ3v) is 7.39. The molecule has 2 heteroatoms. The lowest BCUT2D eigenvalue weighted by atomic mass is 9.67. The SMILES string of the molecule is CCCCCC[C@H]1CC[C@H](C2(Oc3cnc(C)c(C)c3)CCCCC2)CC1. The summed E-state index contributed by atoms with van der Waals surface area (Å²) in [6, 6.07) is 2.21. The maximum absolute atomic E-state index is 6.80. The first-order chi connectivity index (χ1) is 13.1. The normalized spacial score (nSPS) is 25.3. The van der Waals surface area contributed by atoms with Crippen LogP contribution in [0, 0.1) is 25.7 Å². The molecule has 0 aliphatic heterocycles. The topological polar surface area (TPSA) is 22.1 Å². The van der Waals surface area contributed by atoms with E-state index in [1.807, 2.05) is 6.20 Å². The molecule has 0 unspecified atom stereocenters. The van der Waals surface area contributed by atoms with Crippen LogP contribution in [-0.2, 0) is 0 Å². The standard InChI is InChI=1S/C25H41NO/c1-4-5-6-8-11-22-12-14-23(15-13-22)25(16-9-7-10-17-25)27-24-18-20(2)21(3)26-19-24/h18-19,22-23H,4-17H2,1-3H3/t22-,23-.